The van der Waals surface area contributed by atoms with Crippen LogP contribution in [0.5, 0.6) is 0 Å². The van der Waals surface area contributed by atoms with Gasteiger partial charge >= 0.3 is 0 Å². The molecule has 0 radical (unpaired) electrons. The Kier molecular flexibility index (Phi) is 3.61. The van der Waals surface area contributed by atoms with Crippen molar-refractivity contribution in [3.63, 3.8) is 0 Å². The molecule has 2 aliphatic rings. The summed E-state index contributed by atoms with van der Waals surface area (Å²) < 4.78 is 5.59. The third-order valence-electron chi connectivity index (χ3n) is 3.47. The molecule has 15 heavy (non-hydrogen) atoms. The molecule has 0 spiro atoms. The number of aliphatic hydroxyl groups excluding tert-OH is 2. The molecule has 0 amide bonds. The van der Waals surface area contributed by atoms with Gasteiger partial charge < -0.3 is 14.9 Å². The Labute approximate surface area is 90.8 Å². The molecule has 2 unspecified atom stereocenters. The minimum absolute atomic E-state index is 0.0731. The predicted molar refractivity (Wildman–Crippen MR) is 56.6 cm³/mol. The van der Waals surface area contributed by atoms with Gasteiger partial charge in [-0.1, -0.05) is 0 Å². The maximum atomic E-state index is 9.84. The standard InChI is InChI=1S/C11H21NO3/c1-8-5-12(6-9(7-13)15-8)10-3-2-4-11(10)14/h8-11,13-14H,2-7H2,1H3/t8?,9?,10-,11-/m0/s1. The van der Waals surface area contributed by atoms with Gasteiger partial charge in [0.15, 0.2) is 0 Å². The lowest BCUT2D eigenvalue weighted by Crippen LogP contribution is -2.53. The minimum atomic E-state index is -0.186. The predicted octanol–water partition coefficient (Wildman–Crippen LogP) is -0.0186. The summed E-state index contributed by atoms with van der Waals surface area (Å²) in [6, 6.07) is 0.283. The van der Waals surface area contributed by atoms with Crippen LogP contribution in [0.3, 0.4) is 0 Å². The van der Waals surface area contributed by atoms with Crippen LogP contribution >= 0.6 is 0 Å². The van der Waals surface area contributed by atoms with Gasteiger partial charge in [-0.05, 0) is 26.2 Å². The first-order valence-corrected chi connectivity index (χ1v) is 5.89. The zero-order valence-electron chi connectivity index (χ0n) is 9.30. The van der Waals surface area contributed by atoms with Crippen LogP contribution in [0.2, 0.25) is 0 Å². The van der Waals surface area contributed by atoms with Gasteiger partial charge in [0.25, 0.3) is 0 Å². The van der Waals surface area contributed by atoms with Crippen molar-refractivity contribution < 1.29 is 14.9 Å². The number of morpholine rings is 1. The molecule has 1 saturated carbocycles. The zero-order valence-corrected chi connectivity index (χ0v) is 9.30. The van der Waals surface area contributed by atoms with E-state index in [1.54, 1.807) is 0 Å². The van der Waals surface area contributed by atoms with E-state index in [2.05, 4.69) is 4.90 Å². The number of hydrogen-bond donors (Lipinski definition) is 2. The highest BCUT2D eigenvalue weighted by molar-refractivity contribution is 4.89. The van der Waals surface area contributed by atoms with Crippen molar-refractivity contribution in [3.8, 4) is 0 Å². The molecule has 2 fully saturated rings. The molecule has 2 N–H and O–H groups in total. The van der Waals surface area contributed by atoms with Gasteiger partial charge in [0.1, 0.15) is 0 Å². The van der Waals surface area contributed by atoms with Crippen LogP contribution in [0, 0.1) is 0 Å². The smallest absolute Gasteiger partial charge is 0.0936 e. The lowest BCUT2D eigenvalue weighted by atomic mass is 10.1. The van der Waals surface area contributed by atoms with Crippen molar-refractivity contribution >= 4 is 0 Å². The average Bonchev–Trinajstić information content (AvgIpc) is 2.63. The van der Waals surface area contributed by atoms with E-state index in [-0.39, 0.29) is 31.0 Å². The third kappa shape index (κ3) is 2.50. The molecule has 2 rings (SSSR count). The third-order valence-corrected chi connectivity index (χ3v) is 3.47. The van der Waals surface area contributed by atoms with Gasteiger partial charge in [-0.2, -0.15) is 0 Å². The molecule has 4 heteroatoms. The molecule has 1 aliphatic carbocycles. The van der Waals surface area contributed by atoms with Gasteiger partial charge in [-0.15, -0.1) is 0 Å². The quantitative estimate of drug-likeness (QED) is 0.680. The summed E-state index contributed by atoms with van der Waals surface area (Å²) in [7, 11) is 0. The Morgan fingerprint density at radius 1 is 1.33 bits per heavy atom. The summed E-state index contributed by atoms with van der Waals surface area (Å²) in [5.41, 5.74) is 0. The Morgan fingerprint density at radius 2 is 2.13 bits per heavy atom. The van der Waals surface area contributed by atoms with Crippen LogP contribution in [0.25, 0.3) is 0 Å². The monoisotopic (exact) mass is 215 g/mol. The summed E-state index contributed by atoms with van der Waals surface area (Å²) in [6.45, 7) is 3.72. The summed E-state index contributed by atoms with van der Waals surface area (Å²) in [6.07, 6.45) is 2.99. The number of hydrogen-bond acceptors (Lipinski definition) is 4. The molecular formula is C11H21NO3. The van der Waals surface area contributed by atoms with E-state index in [1.807, 2.05) is 6.92 Å². The minimum Gasteiger partial charge on any atom is -0.394 e. The van der Waals surface area contributed by atoms with Crippen molar-refractivity contribution in [1.29, 1.82) is 0 Å². The molecule has 0 aromatic carbocycles. The summed E-state index contributed by atoms with van der Waals surface area (Å²) in [5.74, 6) is 0. The Balaban J connectivity index is 1.95. The van der Waals surface area contributed by atoms with Gasteiger partial charge in [0, 0.05) is 19.1 Å². The lowest BCUT2D eigenvalue weighted by molar-refractivity contribution is -0.113. The largest absolute Gasteiger partial charge is 0.394 e. The number of aliphatic hydroxyl groups is 2. The van der Waals surface area contributed by atoms with Gasteiger partial charge in [-0.3, -0.25) is 4.90 Å². The molecule has 0 bridgehead atoms. The van der Waals surface area contributed by atoms with E-state index in [4.69, 9.17) is 9.84 Å². The van der Waals surface area contributed by atoms with Crippen LogP contribution in [0.4, 0.5) is 0 Å². The molecule has 4 atom stereocenters. The topological polar surface area (TPSA) is 52.9 Å². The molecule has 88 valence electrons. The van der Waals surface area contributed by atoms with Crippen molar-refractivity contribution in [2.24, 2.45) is 0 Å². The highest BCUT2D eigenvalue weighted by Gasteiger charge is 2.35. The van der Waals surface area contributed by atoms with Crippen LogP contribution in [-0.2, 0) is 4.74 Å². The van der Waals surface area contributed by atoms with Crippen LogP contribution in [0.15, 0.2) is 0 Å². The second kappa shape index (κ2) is 4.78. The average molecular weight is 215 g/mol. The van der Waals surface area contributed by atoms with Gasteiger partial charge in [0.2, 0.25) is 0 Å². The summed E-state index contributed by atoms with van der Waals surface area (Å²) >= 11 is 0. The van der Waals surface area contributed by atoms with E-state index in [1.165, 1.54) is 0 Å². The van der Waals surface area contributed by atoms with Crippen LogP contribution in [-0.4, -0.2) is 59.2 Å². The summed E-state index contributed by atoms with van der Waals surface area (Å²) in [5, 5.41) is 19.0. The van der Waals surface area contributed by atoms with E-state index in [0.29, 0.717) is 0 Å². The Bertz CT molecular complexity index is 212. The molecule has 0 aromatic heterocycles. The van der Waals surface area contributed by atoms with Crippen molar-refractivity contribution in [1.82, 2.24) is 4.90 Å². The second-order valence-electron chi connectivity index (χ2n) is 4.77. The zero-order chi connectivity index (χ0) is 10.8. The number of nitrogens with zero attached hydrogens (tertiary/aromatic N) is 1. The van der Waals surface area contributed by atoms with Gasteiger partial charge in [0.05, 0.1) is 24.9 Å². The molecule has 4 nitrogen and oxygen atoms in total. The van der Waals surface area contributed by atoms with Crippen molar-refractivity contribution in [2.75, 3.05) is 19.7 Å². The first-order valence-electron chi connectivity index (χ1n) is 5.89. The highest BCUT2D eigenvalue weighted by atomic mass is 16.5. The van der Waals surface area contributed by atoms with E-state index in [9.17, 15) is 5.11 Å². The fourth-order valence-electron chi connectivity index (χ4n) is 2.80. The van der Waals surface area contributed by atoms with Crippen LogP contribution < -0.4 is 0 Å². The molecular weight excluding hydrogens is 194 g/mol. The van der Waals surface area contributed by atoms with Crippen molar-refractivity contribution in [3.05, 3.63) is 0 Å². The van der Waals surface area contributed by atoms with E-state index in [0.717, 1.165) is 32.4 Å². The molecule has 0 aromatic rings. The van der Waals surface area contributed by atoms with Gasteiger partial charge in [-0.25, -0.2) is 0 Å². The molecule has 1 heterocycles. The second-order valence-corrected chi connectivity index (χ2v) is 4.77. The Hall–Kier alpha value is -0.160. The fraction of sp³-hybridized carbons (Fsp3) is 1.00. The number of rotatable bonds is 2. The SMILES string of the molecule is CC1CN([C@H]2CCC[C@@H]2O)CC(CO)O1. The fourth-order valence-corrected chi connectivity index (χ4v) is 2.80. The first kappa shape index (κ1) is 11.3. The normalized spacial score (nSPS) is 43.4. The molecule has 1 saturated heterocycles. The van der Waals surface area contributed by atoms with E-state index < -0.39 is 0 Å². The summed E-state index contributed by atoms with van der Waals surface area (Å²) in [4.78, 5) is 2.28. The lowest BCUT2D eigenvalue weighted by Gasteiger charge is -2.40. The van der Waals surface area contributed by atoms with E-state index >= 15 is 0 Å². The van der Waals surface area contributed by atoms with Crippen LogP contribution in [0.1, 0.15) is 26.2 Å². The van der Waals surface area contributed by atoms with Crippen molar-refractivity contribution in [2.45, 2.75) is 50.5 Å². The Morgan fingerprint density at radius 3 is 2.73 bits per heavy atom. The highest BCUT2D eigenvalue weighted by Crippen LogP contribution is 2.26. The maximum Gasteiger partial charge on any atom is 0.0936 e. The number of ether oxygens (including phenoxy) is 1. The molecule has 1 aliphatic heterocycles. The first-order chi connectivity index (χ1) is 7.20. The maximum absolute atomic E-state index is 9.84.